The largest absolute Gasteiger partial charge is 0.459 e. The summed E-state index contributed by atoms with van der Waals surface area (Å²) in [5.74, 6) is -0.586. The van der Waals surface area contributed by atoms with E-state index in [9.17, 15) is 13.2 Å². The third kappa shape index (κ3) is 3.74. The highest BCUT2D eigenvalue weighted by molar-refractivity contribution is 7.90. The summed E-state index contributed by atoms with van der Waals surface area (Å²) in [4.78, 5) is 11.6. The molecule has 6 heteroatoms. The molecule has 0 unspecified atom stereocenters. The average molecular weight is 257 g/mol. The first kappa shape index (κ1) is 13.5. The summed E-state index contributed by atoms with van der Waals surface area (Å²) in [5.41, 5.74) is 5.90. The van der Waals surface area contributed by atoms with Gasteiger partial charge in [0.05, 0.1) is 16.6 Å². The second-order valence-electron chi connectivity index (χ2n) is 4.02. The van der Waals surface area contributed by atoms with Gasteiger partial charge >= 0.3 is 5.97 Å². The number of hydrogen-bond donors (Lipinski definition) is 1. The zero-order valence-electron chi connectivity index (χ0n) is 9.93. The fourth-order valence-electron chi connectivity index (χ4n) is 1.24. The molecule has 1 aromatic rings. The molecule has 2 N–H and O–H groups in total. The minimum Gasteiger partial charge on any atom is -0.459 e. The molecule has 5 nitrogen and oxygen atoms in total. The second kappa shape index (κ2) is 4.75. The monoisotopic (exact) mass is 257 g/mol. The molecule has 0 amide bonds. The quantitative estimate of drug-likeness (QED) is 0.650. The van der Waals surface area contributed by atoms with Crippen molar-refractivity contribution in [2.75, 3.05) is 12.0 Å². The molecule has 0 aliphatic heterocycles. The second-order valence-corrected chi connectivity index (χ2v) is 6.03. The molecule has 0 heterocycles. The first-order valence-corrected chi connectivity index (χ1v) is 6.91. The van der Waals surface area contributed by atoms with Gasteiger partial charge in [-0.3, -0.25) is 0 Å². The summed E-state index contributed by atoms with van der Waals surface area (Å²) >= 11 is 0. The van der Waals surface area contributed by atoms with Gasteiger partial charge in [-0.2, -0.15) is 0 Å². The molecule has 0 bridgehead atoms. The molecule has 0 radical (unpaired) electrons. The highest BCUT2D eigenvalue weighted by Crippen LogP contribution is 2.17. The van der Waals surface area contributed by atoms with E-state index < -0.39 is 15.8 Å². The van der Waals surface area contributed by atoms with Crippen LogP contribution in [0.3, 0.4) is 0 Å². The van der Waals surface area contributed by atoms with E-state index in [0.29, 0.717) is 0 Å². The molecule has 0 aromatic heterocycles. The molecule has 0 saturated heterocycles. The van der Waals surface area contributed by atoms with Gasteiger partial charge in [-0.05, 0) is 32.0 Å². The van der Waals surface area contributed by atoms with Crippen LogP contribution in [-0.2, 0) is 14.6 Å². The van der Waals surface area contributed by atoms with Crippen LogP contribution in [0.4, 0.5) is 5.69 Å². The van der Waals surface area contributed by atoms with E-state index in [2.05, 4.69) is 0 Å². The number of sulfone groups is 1. The SMILES string of the molecule is CC(C)OC(=O)c1cc(N)cc(S(C)(=O)=O)c1. The minimum absolute atomic E-state index is 0.00760. The fraction of sp³-hybridized carbons (Fsp3) is 0.364. The van der Waals surface area contributed by atoms with Crippen LogP contribution >= 0.6 is 0 Å². The van der Waals surface area contributed by atoms with E-state index >= 15 is 0 Å². The summed E-state index contributed by atoms with van der Waals surface area (Å²) in [6.07, 6.45) is 0.782. The Morgan fingerprint density at radius 1 is 1.29 bits per heavy atom. The van der Waals surface area contributed by atoms with Crippen LogP contribution in [0.2, 0.25) is 0 Å². The van der Waals surface area contributed by atoms with E-state index in [0.717, 1.165) is 6.26 Å². The number of ether oxygens (including phenoxy) is 1. The molecule has 0 saturated carbocycles. The smallest absolute Gasteiger partial charge is 0.338 e. The van der Waals surface area contributed by atoms with E-state index in [1.807, 2.05) is 0 Å². The molecule has 0 fully saturated rings. The lowest BCUT2D eigenvalue weighted by atomic mass is 10.2. The van der Waals surface area contributed by atoms with Crippen molar-refractivity contribution in [2.45, 2.75) is 24.8 Å². The van der Waals surface area contributed by atoms with Crippen LogP contribution < -0.4 is 5.73 Å². The van der Waals surface area contributed by atoms with Crippen LogP contribution in [0.25, 0.3) is 0 Å². The van der Waals surface area contributed by atoms with Crippen LogP contribution in [0.1, 0.15) is 24.2 Å². The van der Waals surface area contributed by atoms with Gasteiger partial charge in [0, 0.05) is 11.9 Å². The Bertz CT molecular complexity index is 534. The van der Waals surface area contributed by atoms with Crippen LogP contribution in [0.5, 0.6) is 0 Å². The summed E-state index contributed by atoms with van der Waals surface area (Å²) < 4.78 is 27.7. The lowest BCUT2D eigenvalue weighted by Gasteiger charge is -2.09. The van der Waals surface area contributed by atoms with Crippen LogP contribution in [0.15, 0.2) is 23.1 Å². The normalized spacial score (nSPS) is 11.5. The van der Waals surface area contributed by atoms with Crippen molar-refractivity contribution in [3.05, 3.63) is 23.8 Å². The summed E-state index contributed by atoms with van der Waals surface area (Å²) in [7, 11) is -3.40. The Balaban J connectivity index is 3.19. The van der Waals surface area contributed by atoms with Gasteiger partial charge in [-0.1, -0.05) is 0 Å². The Kier molecular flexibility index (Phi) is 3.77. The molecular weight excluding hydrogens is 242 g/mol. The van der Waals surface area contributed by atoms with Crippen molar-refractivity contribution < 1.29 is 17.9 Å². The predicted molar refractivity (Wildman–Crippen MR) is 64.5 cm³/mol. The summed E-state index contributed by atoms with van der Waals surface area (Å²) in [5, 5.41) is 0. The number of carbonyl (C=O) groups is 1. The zero-order valence-corrected chi connectivity index (χ0v) is 10.7. The number of esters is 1. The van der Waals surface area contributed by atoms with Crippen molar-refractivity contribution in [2.24, 2.45) is 0 Å². The fourth-order valence-corrected chi connectivity index (χ4v) is 1.93. The number of hydrogen-bond acceptors (Lipinski definition) is 5. The average Bonchev–Trinajstić information content (AvgIpc) is 2.14. The first-order valence-electron chi connectivity index (χ1n) is 5.02. The first-order chi connectivity index (χ1) is 7.70. The third-order valence-corrected chi connectivity index (χ3v) is 3.03. The molecule has 0 spiro atoms. The maximum atomic E-state index is 11.6. The van der Waals surface area contributed by atoms with E-state index in [1.165, 1.54) is 18.2 Å². The van der Waals surface area contributed by atoms with Gasteiger partial charge in [0.1, 0.15) is 0 Å². The van der Waals surface area contributed by atoms with Gasteiger partial charge in [0.15, 0.2) is 9.84 Å². The Morgan fingerprint density at radius 3 is 2.35 bits per heavy atom. The van der Waals surface area contributed by atoms with Crippen molar-refractivity contribution in [3.63, 3.8) is 0 Å². The topological polar surface area (TPSA) is 86.5 Å². The van der Waals surface area contributed by atoms with Gasteiger partial charge < -0.3 is 10.5 Å². The summed E-state index contributed by atoms with van der Waals surface area (Å²) in [6, 6.07) is 3.96. The molecule has 1 rings (SSSR count). The minimum atomic E-state index is -3.40. The van der Waals surface area contributed by atoms with Crippen molar-refractivity contribution in [1.29, 1.82) is 0 Å². The Hall–Kier alpha value is -1.56. The lowest BCUT2D eigenvalue weighted by molar-refractivity contribution is 0.0377. The van der Waals surface area contributed by atoms with E-state index in [4.69, 9.17) is 10.5 Å². The maximum Gasteiger partial charge on any atom is 0.338 e. The number of nitrogens with two attached hydrogens (primary N) is 1. The molecule has 17 heavy (non-hydrogen) atoms. The van der Waals surface area contributed by atoms with Crippen molar-refractivity contribution in [3.8, 4) is 0 Å². The number of rotatable bonds is 3. The van der Waals surface area contributed by atoms with Gasteiger partial charge in [0.25, 0.3) is 0 Å². The number of carbonyl (C=O) groups excluding carboxylic acids is 1. The van der Waals surface area contributed by atoms with Crippen molar-refractivity contribution in [1.82, 2.24) is 0 Å². The van der Waals surface area contributed by atoms with Gasteiger partial charge in [-0.25, -0.2) is 13.2 Å². The standard InChI is InChI=1S/C11H15NO4S/c1-7(2)16-11(13)8-4-9(12)6-10(5-8)17(3,14)15/h4-7H,12H2,1-3H3. The Labute approximate surface area is 100 Å². The number of anilines is 1. The Morgan fingerprint density at radius 2 is 1.88 bits per heavy atom. The number of benzene rings is 1. The highest BCUT2D eigenvalue weighted by Gasteiger charge is 2.15. The highest BCUT2D eigenvalue weighted by atomic mass is 32.2. The van der Waals surface area contributed by atoms with E-state index in [1.54, 1.807) is 13.8 Å². The molecule has 1 aromatic carbocycles. The molecule has 0 aliphatic carbocycles. The predicted octanol–water partition coefficient (Wildman–Crippen LogP) is 1.24. The van der Waals surface area contributed by atoms with E-state index in [-0.39, 0.29) is 22.3 Å². The zero-order chi connectivity index (χ0) is 13.2. The molecule has 0 atom stereocenters. The molecular formula is C11H15NO4S. The molecule has 94 valence electrons. The van der Waals surface area contributed by atoms with Crippen molar-refractivity contribution >= 4 is 21.5 Å². The lowest BCUT2D eigenvalue weighted by Crippen LogP contribution is -2.12. The third-order valence-electron chi connectivity index (χ3n) is 1.94. The van der Waals surface area contributed by atoms with Gasteiger partial charge in [0.2, 0.25) is 0 Å². The van der Waals surface area contributed by atoms with Crippen LogP contribution in [-0.4, -0.2) is 26.7 Å². The molecule has 0 aliphatic rings. The number of nitrogen functional groups attached to an aromatic ring is 1. The van der Waals surface area contributed by atoms with Gasteiger partial charge in [-0.15, -0.1) is 0 Å². The summed E-state index contributed by atoms with van der Waals surface area (Å²) in [6.45, 7) is 3.42. The van der Waals surface area contributed by atoms with Crippen LogP contribution in [0, 0.1) is 0 Å². The maximum absolute atomic E-state index is 11.6.